The summed E-state index contributed by atoms with van der Waals surface area (Å²) in [7, 11) is 1.55. The van der Waals surface area contributed by atoms with E-state index >= 15 is 0 Å². The fourth-order valence-electron chi connectivity index (χ4n) is 3.96. The van der Waals surface area contributed by atoms with E-state index in [1.165, 1.54) is 16.2 Å². The number of aliphatic hydroxyl groups excluding tert-OH is 1. The number of aryl methyl sites for hydroxylation is 1. The number of methoxy groups -OCH3 is 1. The van der Waals surface area contributed by atoms with Crippen molar-refractivity contribution in [3.63, 3.8) is 0 Å². The van der Waals surface area contributed by atoms with Gasteiger partial charge in [-0.05, 0) is 54.6 Å². The third-order valence-corrected chi connectivity index (χ3v) is 6.47. The topological polar surface area (TPSA) is 76.1 Å². The molecule has 0 radical (unpaired) electrons. The number of amides is 1. The number of likely N-dealkylation sites (tertiary alicyclic amines) is 1. The van der Waals surface area contributed by atoms with Crippen molar-refractivity contribution in [1.82, 2.24) is 4.90 Å². The van der Waals surface area contributed by atoms with Crippen LogP contribution in [0.3, 0.4) is 0 Å². The number of carbonyl (C=O) groups is 2. The predicted molar refractivity (Wildman–Crippen MR) is 110 cm³/mol. The first-order chi connectivity index (χ1) is 13.9. The van der Waals surface area contributed by atoms with Crippen LogP contribution in [-0.2, 0) is 20.7 Å². The normalized spacial score (nSPS) is 22.8. The van der Waals surface area contributed by atoms with Gasteiger partial charge in [0, 0.05) is 30.5 Å². The van der Waals surface area contributed by atoms with E-state index in [0.717, 1.165) is 28.2 Å². The summed E-state index contributed by atoms with van der Waals surface area (Å²) < 4.78 is 10.9. The van der Waals surface area contributed by atoms with Gasteiger partial charge in [-0.25, -0.2) is 0 Å². The van der Waals surface area contributed by atoms with E-state index in [2.05, 4.69) is 0 Å². The molecule has 2 unspecified atom stereocenters. The van der Waals surface area contributed by atoms with Crippen molar-refractivity contribution in [2.24, 2.45) is 0 Å². The molecule has 0 bridgehead atoms. The van der Waals surface area contributed by atoms with Gasteiger partial charge in [-0.15, -0.1) is 11.3 Å². The lowest BCUT2D eigenvalue weighted by Gasteiger charge is -2.24. The number of aliphatic hydroxyl groups is 1. The zero-order valence-electron chi connectivity index (χ0n) is 16.6. The fraction of sp³-hybridized carbons (Fsp3) is 0.364. The molecular formula is C22H23NO5S. The average Bonchev–Trinajstić information content (AvgIpc) is 3.35. The van der Waals surface area contributed by atoms with Crippen LogP contribution in [0.1, 0.15) is 34.5 Å². The summed E-state index contributed by atoms with van der Waals surface area (Å²) in [5.41, 5.74) is 2.61. The van der Waals surface area contributed by atoms with E-state index in [1.54, 1.807) is 19.2 Å². The zero-order valence-corrected chi connectivity index (χ0v) is 17.4. The summed E-state index contributed by atoms with van der Waals surface area (Å²) >= 11 is 1.47. The lowest BCUT2D eigenvalue weighted by molar-refractivity contribution is -0.140. The molecule has 2 aliphatic rings. The minimum absolute atomic E-state index is 0.0794. The highest BCUT2D eigenvalue weighted by Gasteiger charge is 2.46. The molecule has 2 atom stereocenters. The molecule has 7 heteroatoms. The van der Waals surface area contributed by atoms with Crippen LogP contribution < -0.4 is 4.74 Å². The smallest absolute Gasteiger partial charge is 0.295 e. The SMILES string of the molecule is COCCN1C(=O)C(=O)/C(=C(\O)c2ccc3c(c2)CC(C)O3)C1c1sccc1C. The number of nitrogens with zero attached hydrogens (tertiary/aromatic N) is 1. The second kappa shape index (κ2) is 7.65. The maximum absolute atomic E-state index is 12.9. The Balaban J connectivity index is 1.83. The van der Waals surface area contributed by atoms with Gasteiger partial charge in [0.2, 0.25) is 0 Å². The lowest BCUT2D eigenvalue weighted by atomic mass is 9.97. The van der Waals surface area contributed by atoms with Gasteiger partial charge in [0.15, 0.2) is 0 Å². The van der Waals surface area contributed by atoms with Crippen molar-refractivity contribution < 1.29 is 24.2 Å². The zero-order chi connectivity index (χ0) is 20.7. The van der Waals surface area contributed by atoms with Crippen LogP contribution in [0.2, 0.25) is 0 Å². The number of hydrogen-bond acceptors (Lipinski definition) is 6. The van der Waals surface area contributed by atoms with Crippen LogP contribution in [0.4, 0.5) is 0 Å². The summed E-state index contributed by atoms with van der Waals surface area (Å²) in [5, 5.41) is 13.0. The van der Waals surface area contributed by atoms with E-state index in [0.29, 0.717) is 12.2 Å². The molecule has 152 valence electrons. The first-order valence-electron chi connectivity index (χ1n) is 9.53. The van der Waals surface area contributed by atoms with Gasteiger partial charge in [-0.2, -0.15) is 0 Å². The number of rotatable bonds is 5. The number of Topliss-reactive ketones (excluding diaryl/α,β-unsaturated/α-hetero) is 1. The minimum atomic E-state index is -0.665. The van der Waals surface area contributed by atoms with Gasteiger partial charge < -0.3 is 19.5 Å². The Bertz CT molecular complexity index is 1010. The van der Waals surface area contributed by atoms with E-state index in [-0.39, 0.29) is 24.0 Å². The molecule has 0 saturated carbocycles. The maximum Gasteiger partial charge on any atom is 0.295 e. The van der Waals surface area contributed by atoms with Gasteiger partial charge in [-0.3, -0.25) is 9.59 Å². The minimum Gasteiger partial charge on any atom is -0.507 e. The van der Waals surface area contributed by atoms with Gasteiger partial charge in [0.05, 0.1) is 18.2 Å². The van der Waals surface area contributed by atoms with Crippen molar-refractivity contribution in [3.05, 3.63) is 56.8 Å². The molecule has 1 aromatic carbocycles. The molecule has 3 heterocycles. The maximum atomic E-state index is 12.9. The fourth-order valence-corrected chi connectivity index (χ4v) is 5.01. The molecule has 1 amide bonds. The summed E-state index contributed by atoms with van der Waals surface area (Å²) in [4.78, 5) is 28.1. The Hall–Kier alpha value is -2.64. The van der Waals surface area contributed by atoms with Crippen LogP contribution in [0.5, 0.6) is 5.75 Å². The number of ether oxygens (including phenoxy) is 2. The Morgan fingerprint density at radius 1 is 1.34 bits per heavy atom. The molecule has 1 saturated heterocycles. The molecule has 1 aromatic heterocycles. The van der Waals surface area contributed by atoms with Crippen LogP contribution in [0, 0.1) is 6.92 Å². The highest BCUT2D eigenvalue weighted by molar-refractivity contribution is 7.10. The van der Waals surface area contributed by atoms with Crippen LogP contribution in [-0.4, -0.2) is 48.1 Å². The van der Waals surface area contributed by atoms with E-state index in [4.69, 9.17) is 9.47 Å². The van der Waals surface area contributed by atoms with Crippen LogP contribution in [0.15, 0.2) is 35.2 Å². The molecule has 0 aliphatic carbocycles. The van der Waals surface area contributed by atoms with Crippen molar-refractivity contribution in [2.75, 3.05) is 20.3 Å². The number of ketones is 1. The third kappa shape index (κ3) is 3.34. The number of thiophene rings is 1. The van der Waals surface area contributed by atoms with Gasteiger partial charge in [0.25, 0.3) is 11.7 Å². The van der Waals surface area contributed by atoms with E-state index in [1.807, 2.05) is 31.4 Å². The highest BCUT2D eigenvalue weighted by Crippen LogP contribution is 2.43. The summed E-state index contributed by atoms with van der Waals surface area (Å²) in [6.45, 7) is 4.51. The molecule has 0 spiro atoms. The number of carbonyl (C=O) groups excluding carboxylic acids is 2. The van der Waals surface area contributed by atoms with Crippen LogP contribution in [0.25, 0.3) is 5.76 Å². The first-order valence-corrected chi connectivity index (χ1v) is 10.4. The Morgan fingerprint density at radius 3 is 2.83 bits per heavy atom. The third-order valence-electron chi connectivity index (χ3n) is 5.40. The van der Waals surface area contributed by atoms with Crippen molar-refractivity contribution >= 4 is 28.8 Å². The van der Waals surface area contributed by atoms with Crippen molar-refractivity contribution in [1.29, 1.82) is 0 Å². The molecule has 29 heavy (non-hydrogen) atoms. The molecule has 4 rings (SSSR count). The molecule has 1 fully saturated rings. The monoisotopic (exact) mass is 413 g/mol. The number of benzene rings is 1. The van der Waals surface area contributed by atoms with Crippen molar-refractivity contribution in [3.8, 4) is 5.75 Å². The largest absolute Gasteiger partial charge is 0.507 e. The first kappa shape index (κ1) is 19.7. The van der Waals surface area contributed by atoms with Gasteiger partial charge in [-0.1, -0.05) is 0 Å². The molecule has 2 aromatic rings. The number of hydrogen-bond donors (Lipinski definition) is 1. The van der Waals surface area contributed by atoms with Gasteiger partial charge in [0.1, 0.15) is 17.6 Å². The predicted octanol–water partition coefficient (Wildman–Crippen LogP) is 3.45. The van der Waals surface area contributed by atoms with Gasteiger partial charge >= 0.3 is 0 Å². The van der Waals surface area contributed by atoms with Crippen molar-refractivity contribution in [2.45, 2.75) is 32.4 Å². The molecule has 1 N–H and O–H groups in total. The second-order valence-electron chi connectivity index (χ2n) is 7.41. The van der Waals surface area contributed by atoms with E-state index < -0.39 is 17.7 Å². The molecule has 6 nitrogen and oxygen atoms in total. The number of fused-ring (bicyclic) bond motifs is 1. The molecule has 2 aliphatic heterocycles. The van der Waals surface area contributed by atoms with E-state index in [9.17, 15) is 14.7 Å². The Labute approximate surface area is 173 Å². The summed E-state index contributed by atoms with van der Waals surface area (Å²) in [5.74, 6) is -0.635. The van der Waals surface area contributed by atoms with Crippen LogP contribution >= 0.6 is 11.3 Å². The standard InChI is InChI=1S/C22H23NO5S/c1-12-6-9-29-21(12)18-17(20(25)22(26)23(18)7-8-27-3)19(24)14-4-5-16-15(11-14)10-13(2)28-16/h4-6,9,11,13,18,24H,7-8,10H2,1-3H3/b19-17-. The summed E-state index contributed by atoms with van der Waals surface area (Å²) in [6.07, 6.45) is 0.822. The quantitative estimate of drug-likeness (QED) is 0.462. The molecular weight excluding hydrogens is 390 g/mol. The highest BCUT2D eigenvalue weighted by atomic mass is 32.1. The lowest BCUT2D eigenvalue weighted by Crippen LogP contribution is -2.32. The Kier molecular flexibility index (Phi) is 5.19. The summed E-state index contributed by atoms with van der Waals surface area (Å²) in [6, 6.07) is 6.71. The Morgan fingerprint density at radius 2 is 2.14 bits per heavy atom. The average molecular weight is 413 g/mol. The second-order valence-corrected chi connectivity index (χ2v) is 8.36.